The van der Waals surface area contributed by atoms with Crippen LogP contribution in [-0.2, 0) is 4.74 Å². The number of nitrogens with one attached hydrogen (secondary N) is 1. The summed E-state index contributed by atoms with van der Waals surface area (Å²) in [5.41, 5.74) is 1.96. The van der Waals surface area contributed by atoms with Crippen molar-refractivity contribution in [1.29, 1.82) is 0 Å². The summed E-state index contributed by atoms with van der Waals surface area (Å²) in [5, 5.41) is 7.48. The van der Waals surface area contributed by atoms with Crippen molar-refractivity contribution in [2.45, 2.75) is 25.9 Å². The van der Waals surface area contributed by atoms with Gasteiger partial charge < -0.3 is 19.0 Å². The fourth-order valence-corrected chi connectivity index (χ4v) is 2.93. The standard InChI is InChI=1S/C17H17N3O4/c1-10-15-12(16(21)18-9-11-4-2-6-22-11)8-13(14-5-3-7-23-14)19-17(15)24-20-10/h3,5,7-8,11H,2,4,6,9H2,1H3,(H,18,21). The predicted octanol–water partition coefficient (Wildman–Crippen LogP) is 2.70. The Labute approximate surface area is 138 Å². The summed E-state index contributed by atoms with van der Waals surface area (Å²) in [5.74, 6) is 0.371. The van der Waals surface area contributed by atoms with Crippen LogP contribution in [0.2, 0.25) is 0 Å². The third-order valence-corrected chi connectivity index (χ3v) is 4.15. The SMILES string of the molecule is Cc1noc2nc(-c3ccco3)cc(C(=O)NCC3CCCO3)c12. The van der Waals surface area contributed by atoms with E-state index in [-0.39, 0.29) is 12.0 Å². The number of aryl methyl sites for hydroxylation is 1. The molecule has 0 saturated carbocycles. The molecule has 24 heavy (non-hydrogen) atoms. The molecule has 1 fully saturated rings. The largest absolute Gasteiger partial charge is 0.463 e. The zero-order valence-corrected chi connectivity index (χ0v) is 13.2. The number of carbonyl (C=O) groups excluding carboxylic acids is 1. The first-order valence-corrected chi connectivity index (χ1v) is 7.93. The Balaban J connectivity index is 1.69. The van der Waals surface area contributed by atoms with E-state index in [1.165, 1.54) is 0 Å². The summed E-state index contributed by atoms with van der Waals surface area (Å²) in [7, 11) is 0. The van der Waals surface area contributed by atoms with Crippen molar-refractivity contribution >= 4 is 17.0 Å². The number of aromatic nitrogens is 2. The second-order valence-corrected chi connectivity index (χ2v) is 5.83. The first-order chi connectivity index (χ1) is 11.7. The lowest BCUT2D eigenvalue weighted by atomic mass is 10.1. The van der Waals surface area contributed by atoms with Gasteiger partial charge in [-0.15, -0.1) is 0 Å². The van der Waals surface area contributed by atoms with Gasteiger partial charge in [0.25, 0.3) is 11.6 Å². The number of amides is 1. The quantitative estimate of drug-likeness (QED) is 0.792. The second-order valence-electron chi connectivity index (χ2n) is 5.83. The van der Waals surface area contributed by atoms with E-state index in [1.807, 2.05) is 0 Å². The number of ether oxygens (including phenoxy) is 1. The fourth-order valence-electron chi connectivity index (χ4n) is 2.93. The predicted molar refractivity (Wildman–Crippen MR) is 85.6 cm³/mol. The number of furan rings is 1. The Bertz CT molecular complexity index is 863. The van der Waals surface area contributed by atoms with Crippen LogP contribution in [0.25, 0.3) is 22.6 Å². The van der Waals surface area contributed by atoms with Crippen molar-refractivity contribution in [3.63, 3.8) is 0 Å². The lowest BCUT2D eigenvalue weighted by Gasteiger charge is -2.11. The number of hydrogen-bond donors (Lipinski definition) is 1. The van der Waals surface area contributed by atoms with Crippen LogP contribution in [0.1, 0.15) is 28.9 Å². The molecular weight excluding hydrogens is 310 g/mol. The third kappa shape index (κ3) is 2.67. The molecule has 4 rings (SSSR count). The number of hydrogen-bond acceptors (Lipinski definition) is 6. The topological polar surface area (TPSA) is 90.4 Å². The van der Waals surface area contributed by atoms with E-state index in [9.17, 15) is 4.79 Å². The first-order valence-electron chi connectivity index (χ1n) is 7.93. The van der Waals surface area contributed by atoms with Crippen LogP contribution in [0, 0.1) is 6.92 Å². The van der Waals surface area contributed by atoms with Crippen molar-refractivity contribution in [2.75, 3.05) is 13.2 Å². The van der Waals surface area contributed by atoms with Crippen LogP contribution < -0.4 is 5.32 Å². The Morgan fingerprint density at radius 1 is 1.46 bits per heavy atom. The van der Waals surface area contributed by atoms with Gasteiger partial charge in [0.1, 0.15) is 5.69 Å². The Hall–Kier alpha value is -2.67. The minimum absolute atomic E-state index is 0.0828. The van der Waals surface area contributed by atoms with Crippen LogP contribution in [0.4, 0.5) is 0 Å². The molecule has 1 unspecified atom stereocenters. The van der Waals surface area contributed by atoms with E-state index in [1.54, 1.807) is 31.4 Å². The second kappa shape index (κ2) is 6.09. The van der Waals surface area contributed by atoms with Crippen LogP contribution >= 0.6 is 0 Å². The Morgan fingerprint density at radius 2 is 2.38 bits per heavy atom. The third-order valence-electron chi connectivity index (χ3n) is 4.15. The zero-order valence-electron chi connectivity index (χ0n) is 13.2. The molecule has 0 aromatic carbocycles. The van der Waals surface area contributed by atoms with Gasteiger partial charge in [0.05, 0.1) is 29.0 Å². The van der Waals surface area contributed by atoms with E-state index in [2.05, 4.69) is 15.5 Å². The number of nitrogens with zero attached hydrogens (tertiary/aromatic N) is 2. The maximum absolute atomic E-state index is 12.7. The van der Waals surface area contributed by atoms with Crippen LogP contribution in [0.3, 0.4) is 0 Å². The molecule has 124 valence electrons. The molecule has 0 spiro atoms. The van der Waals surface area contributed by atoms with Gasteiger partial charge in [-0.1, -0.05) is 5.16 Å². The minimum Gasteiger partial charge on any atom is -0.463 e. The van der Waals surface area contributed by atoms with Crippen molar-refractivity contribution < 1.29 is 18.5 Å². The molecule has 7 heteroatoms. The molecule has 3 aromatic heterocycles. The molecule has 1 N–H and O–H groups in total. The van der Waals surface area contributed by atoms with Crippen LogP contribution in [-0.4, -0.2) is 35.3 Å². The van der Waals surface area contributed by atoms with Gasteiger partial charge in [0.2, 0.25) is 0 Å². The summed E-state index contributed by atoms with van der Waals surface area (Å²) in [6.07, 6.45) is 3.65. The highest BCUT2D eigenvalue weighted by atomic mass is 16.5. The molecule has 1 amide bonds. The van der Waals surface area contributed by atoms with Gasteiger partial charge >= 0.3 is 0 Å². The summed E-state index contributed by atoms with van der Waals surface area (Å²) in [6.45, 7) is 3.04. The van der Waals surface area contributed by atoms with Gasteiger partial charge in [-0.3, -0.25) is 4.79 Å². The monoisotopic (exact) mass is 327 g/mol. The summed E-state index contributed by atoms with van der Waals surface area (Å²) >= 11 is 0. The molecule has 7 nitrogen and oxygen atoms in total. The van der Waals surface area contributed by atoms with E-state index in [0.717, 1.165) is 19.4 Å². The number of fused-ring (bicyclic) bond motifs is 1. The van der Waals surface area contributed by atoms with Gasteiger partial charge in [0, 0.05) is 13.2 Å². The maximum Gasteiger partial charge on any atom is 0.259 e. The highest BCUT2D eigenvalue weighted by molar-refractivity contribution is 6.06. The number of carbonyl (C=O) groups is 1. The Kier molecular flexibility index (Phi) is 3.78. The van der Waals surface area contributed by atoms with E-state index < -0.39 is 0 Å². The van der Waals surface area contributed by atoms with E-state index >= 15 is 0 Å². The highest BCUT2D eigenvalue weighted by Crippen LogP contribution is 2.27. The van der Waals surface area contributed by atoms with E-state index in [0.29, 0.717) is 40.4 Å². The smallest absolute Gasteiger partial charge is 0.259 e. The molecule has 1 saturated heterocycles. The molecule has 1 atom stereocenters. The molecule has 1 aliphatic heterocycles. The summed E-state index contributed by atoms with van der Waals surface area (Å²) in [4.78, 5) is 17.1. The van der Waals surface area contributed by atoms with Gasteiger partial charge in [-0.05, 0) is 38.0 Å². The van der Waals surface area contributed by atoms with Crippen molar-refractivity contribution in [1.82, 2.24) is 15.5 Å². The van der Waals surface area contributed by atoms with Gasteiger partial charge in [-0.2, -0.15) is 0 Å². The lowest BCUT2D eigenvalue weighted by Crippen LogP contribution is -2.32. The number of pyridine rings is 1. The molecule has 1 aliphatic rings. The van der Waals surface area contributed by atoms with Crippen molar-refractivity contribution in [2.24, 2.45) is 0 Å². The molecule has 0 aliphatic carbocycles. The molecule has 0 bridgehead atoms. The first kappa shape index (κ1) is 14.9. The molecule has 3 aromatic rings. The minimum atomic E-state index is -0.197. The average molecular weight is 327 g/mol. The molecular formula is C17H17N3O4. The average Bonchev–Trinajstić information content (AvgIpc) is 3.34. The van der Waals surface area contributed by atoms with Gasteiger partial charge in [-0.25, -0.2) is 4.98 Å². The van der Waals surface area contributed by atoms with Crippen molar-refractivity contribution in [3.05, 3.63) is 35.7 Å². The summed E-state index contributed by atoms with van der Waals surface area (Å²) in [6, 6.07) is 5.26. The van der Waals surface area contributed by atoms with Gasteiger partial charge in [0.15, 0.2) is 5.76 Å². The number of rotatable bonds is 4. The lowest BCUT2D eigenvalue weighted by molar-refractivity contribution is 0.0859. The molecule has 4 heterocycles. The highest BCUT2D eigenvalue weighted by Gasteiger charge is 2.22. The van der Waals surface area contributed by atoms with Crippen LogP contribution in [0.5, 0.6) is 0 Å². The maximum atomic E-state index is 12.7. The summed E-state index contributed by atoms with van der Waals surface area (Å²) < 4.78 is 16.2. The Morgan fingerprint density at radius 3 is 3.12 bits per heavy atom. The van der Waals surface area contributed by atoms with Crippen LogP contribution in [0.15, 0.2) is 33.4 Å². The van der Waals surface area contributed by atoms with E-state index in [4.69, 9.17) is 13.7 Å². The van der Waals surface area contributed by atoms with Crippen molar-refractivity contribution in [3.8, 4) is 11.5 Å². The fraction of sp³-hybridized carbons (Fsp3) is 0.353. The zero-order chi connectivity index (χ0) is 16.5. The normalized spacial score (nSPS) is 17.5. The molecule has 0 radical (unpaired) electrons.